The summed E-state index contributed by atoms with van der Waals surface area (Å²) in [6, 6.07) is 6.60. The molecule has 0 aliphatic carbocycles. The number of hydrogen-bond donors (Lipinski definition) is 3. The van der Waals surface area contributed by atoms with Crippen molar-refractivity contribution in [2.75, 3.05) is 49.9 Å². The molecule has 9 nitrogen and oxygen atoms in total. The van der Waals surface area contributed by atoms with Gasteiger partial charge in [-0.1, -0.05) is 17.7 Å². The molecule has 186 valence electrons. The molecular formula is C24H30ClN7O2S. The topological polar surface area (TPSA) is 107 Å². The summed E-state index contributed by atoms with van der Waals surface area (Å²) in [6.45, 7) is 7.00. The molecule has 2 fully saturated rings. The van der Waals surface area contributed by atoms with Crippen LogP contribution in [0.1, 0.15) is 19.3 Å². The molecule has 3 amide bonds. The minimum atomic E-state index is -0.597. The predicted octanol–water partition coefficient (Wildman–Crippen LogP) is 2.74. The van der Waals surface area contributed by atoms with Crippen molar-refractivity contribution in [2.45, 2.75) is 25.3 Å². The highest BCUT2D eigenvalue weighted by atomic mass is 35.5. The summed E-state index contributed by atoms with van der Waals surface area (Å²) < 4.78 is 0. The van der Waals surface area contributed by atoms with Gasteiger partial charge in [0.05, 0.1) is 5.52 Å². The van der Waals surface area contributed by atoms with Gasteiger partial charge in [-0.05, 0) is 49.7 Å². The number of aromatic nitrogens is 1. The largest absolute Gasteiger partial charge is 0.384 e. The van der Waals surface area contributed by atoms with Gasteiger partial charge in [-0.3, -0.25) is 9.69 Å². The van der Waals surface area contributed by atoms with E-state index in [-0.39, 0.29) is 11.9 Å². The lowest BCUT2D eigenvalue weighted by Crippen LogP contribution is -2.57. The molecule has 0 radical (unpaired) electrons. The first-order chi connectivity index (χ1) is 16.9. The zero-order chi connectivity index (χ0) is 24.9. The smallest absolute Gasteiger partial charge is 0.318 e. The number of nitrogens with one attached hydrogen (secondary N) is 2. The van der Waals surface area contributed by atoms with E-state index >= 15 is 0 Å². The maximum absolute atomic E-state index is 13.1. The van der Waals surface area contributed by atoms with Crippen LogP contribution in [0.4, 0.5) is 16.3 Å². The number of nitrogens with two attached hydrogens (primary N) is 1. The average molecular weight is 516 g/mol. The van der Waals surface area contributed by atoms with Crippen molar-refractivity contribution in [1.82, 2.24) is 25.4 Å². The minimum absolute atomic E-state index is 0.173. The van der Waals surface area contributed by atoms with Crippen molar-refractivity contribution >= 4 is 63.3 Å². The van der Waals surface area contributed by atoms with Crippen LogP contribution in [-0.4, -0.2) is 77.1 Å². The molecule has 2 saturated heterocycles. The van der Waals surface area contributed by atoms with Crippen molar-refractivity contribution in [3.8, 4) is 0 Å². The van der Waals surface area contributed by atoms with Gasteiger partial charge in [0.2, 0.25) is 0 Å². The van der Waals surface area contributed by atoms with E-state index in [2.05, 4.69) is 27.1 Å². The molecule has 1 atom stereocenters. The van der Waals surface area contributed by atoms with Gasteiger partial charge in [0.25, 0.3) is 5.91 Å². The van der Waals surface area contributed by atoms with Gasteiger partial charge in [-0.2, -0.15) is 0 Å². The number of amides is 3. The van der Waals surface area contributed by atoms with Gasteiger partial charge in [0.1, 0.15) is 11.9 Å². The van der Waals surface area contributed by atoms with Crippen LogP contribution >= 0.6 is 23.8 Å². The number of carbonyl (C=O) groups excluding carboxylic acids is 2. The summed E-state index contributed by atoms with van der Waals surface area (Å²) in [5.74, 6) is 0.250. The molecule has 4 N–H and O–H groups in total. The van der Waals surface area contributed by atoms with Gasteiger partial charge < -0.3 is 26.2 Å². The van der Waals surface area contributed by atoms with Crippen LogP contribution in [0.25, 0.3) is 10.9 Å². The molecule has 0 spiro atoms. The van der Waals surface area contributed by atoms with Gasteiger partial charge in [0, 0.05) is 61.4 Å². The Labute approximate surface area is 215 Å². The molecule has 35 heavy (non-hydrogen) atoms. The Morgan fingerprint density at radius 1 is 1.23 bits per heavy atom. The lowest BCUT2D eigenvalue weighted by Gasteiger charge is -2.37. The highest BCUT2D eigenvalue weighted by molar-refractivity contribution is 7.80. The number of urea groups is 1. The van der Waals surface area contributed by atoms with Gasteiger partial charge in [0.15, 0.2) is 5.11 Å². The van der Waals surface area contributed by atoms with Crippen LogP contribution in [0.5, 0.6) is 0 Å². The van der Waals surface area contributed by atoms with E-state index < -0.39 is 6.04 Å². The number of halogens is 1. The van der Waals surface area contributed by atoms with Gasteiger partial charge >= 0.3 is 6.03 Å². The lowest BCUT2D eigenvalue weighted by atomic mass is 10.1. The van der Waals surface area contributed by atoms with Crippen molar-refractivity contribution in [2.24, 2.45) is 0 Å². The second-order valence-electron chi connectivity index (χ2n) is 8.66. The highest BCUT2D eigenvalue weighted by Crippen LogP contribution is 2.30. The normalized spacial score (nSPS) is 18.8. The third-order valence-corrected chi connectivity index (χ3v) is 6.91. The zero-order valence-electron chi connectivity index (χ0n) is 19.5. The fraction of sp³-hybridized carbons (Fsp3) is 0.417. The summed E-state index contributed by atoms with van der Waals surface area (Å²) in [6.07, 6.45) is 3.95. The third-order valence-electron chi connectivity index (χ3n) is 6.31. The van der Waals surface area contributed by atoms with Crippen LogP contribution in [-0.2, 0) is 4.79 Å². The Bertz CT molecular complexity index is 1130. The number of piperazine rings is 1. The van der Waals surface area contributed by atoms with Gasteiger partial charge in [-0.25, -0.2) is 9.78 Å². The maximum Gasteiger partial charge on any atom is 0.318 e. The van der Waals surface area contributed by atoms with E-state index in [9.17, 15) is 9.59 Å². The van der Waals surface area contributed by atoms with Crippen molar-refractivity contribution in [3.63, 3.8) is 0 Å². The number of thiocarbonyl (C=S) groups is 1. The summed E-state index contributed by atoms with van der Waals surface area (Å²) in [5.41, 5.74) is 7.75. The molecule has 2 aromatic rings. The van der Waals surface area contributed by atoms with E-state index in [1.54, 1.807) is 21.9 Å². The molecular weight excluding hydrogens is 486 g/mol. The SMILES string of the molecule is C=CCNC(=S)N1CCCCC(NC(=O)N2CCN(c3cc(N)nc4cc(Cl)ccc34)CC2)C1=O. The first-order valence-corrected chi connectivity index (χ1v) is 12.5. The summed E-state index contributed by atoms with van der Waals surface area (Å²) >= 11 is 11.5. The molecule has 0 bridgehead atoms. The monoisotopic (exact) mass is 515 g/mol. The van der Waals surface area contributed by atoms with Crippen LogP contribution in [0.3, 0.4) is 0 Å². The number of likely N-dealkylation sites (tertiary alicyclic amines) is 1. The Balaban J connectivity index is 1.39. The molecule has 1 aromatic heterocycles. The Morgan fingerprint density at radius 3 is 2.74 bits per heavy atom. The predicted molar refractivity (Wildman–Crippen MR) is 144 cm³/mol. The van der Waals surface area contributed by atoms with Crippen molar-refractivity contribution in [3.05, 3.63) is 41.9 Å². The Hall–Kier alpha value is -3.11. The number of anilines is 2. The number of rotatable bonds is 4. The number of hydrogen-bond acceptors (Lipinski definition) is 6. The van der Waals surface area contributed by atoms with Crippen LogP contribution < -0.4 is 21.3 Å². The van der Waals surface area contributed by atoms with E-state index in [1.807, 2.05) is 18.2 Å². The van der Waals surface area contributed by atoms with E-state index in [0.717, 1.165) is 29.4 Å². The average Bonchev–Trinajstić information content (AvgIpc) is 3.03. The first kappa shape index (κ1) is 25.0. The summed E-state index contributed by atoms with van der Waals surface area (Å²) in [4.78, 5) is 36.0. The minimum Gasteiger partial charge on any atom is -0.384 e. The second-order valence-corrected chi connectivity index (χ2v) is 9.49. The zero-order valence-corrected chi connectivity index (χ0v) is 21.1. The molecule has 3 heterocycles. The number of nitrogens with zero attached hydrogens (tertiary/aromatic N) is 4. The van der Waals surface area contributed by atoms with Gasteiger partial charge in [-0.15, -0.1) is 6.58 Å². The maximum atomic E-state index is 13.1. The van der Waals surface area contributed by atoms with Crippen LogP contribution in [0.2, 0.25) is 5.02 Å². The fourth-order valence-electron chi connectivity index (χ4n) is 4.49. The molecule has 4 rings (SSSR count). The molecule has 1 unspecified atom stereocenters. The number of benzene rings is 1. The van der Waals surface area contributed by atoms with E-state index in [1.165, 1.54) is 0 Å². The molecule has 2 aliphatic rings. The number of fused-ring (bicyclic) bond motifs is 1. The molecule has 2 aliphatic heterocycles. The quantitative estimate of drug-likeness (QED) is 0.424. The van der Waals surface area contributed by atoms with Crippen LogP contribution in [0, 0.1) is 0 Å². The summed E-state index contributed by atoms with van der Waals surface area (Å²) in [5, 5.41) is 7.89. The van der Waals surface area contributed by atoms with E-state index in [4.69, 9.17) is 29.6 Å². The molecule has 0 saturated carbocycles. The third kappa shape index (κ3) is 5.76. The number of pyridine rings is 1. The Morgan fingerprint density at radius 2 is 2.00 bits per heavy atom. The van der Waals surface area contributed by atoms with Crippen molar-refractivity contribution < 1.29 is 9.59 Å². The molecule has 11 heteroatoms. The Kier molecular flexibility index (Phi) is 7.92. The first-order valence-electron chi connectivity index (χ1n) is 11.7. The standard InChI is InChI=1S/C24H30ClN7O2S/c1-2-8-27-24(35)32-9-4-3-5-18(22(32)33)29-23(34)31-12-10-30(11-13-31)20-15-21(26)28-19-14-16(25)6-7-17(19)20/h2,6-7,14-15,18H,1,3-5,8-13H2,(H2,26,28)(H,27,35)(H,29,34). The number of carbonyl (C=O) groups is 2. The number of nitrogen functional groups attached to an aromatic ring is 1. The lowest BCUT2D eigenvalue weighted by molar-refractivity contribution is -0.128. The fourth-order valence-corrected chi connectivity index (χ4v) is 4.92. The molecule has 1 aromatic carbocycles. The van der Waals surface area contributed by atoms with Crippen LogP contribution in [0.15, 0.2) is 36.9 Å². The highest BCUT2D eigenvalue weighted by Gasteiger charge is 2.32. The summed E-state index contributed by atoms with van der Waals surface area (Å²) in [7, 11) is 0. The second kappa shape index (κ2) is 11.1. The van der Waals surface area contributed by atoms with Crippen molar-refractivity contribution in [1.29, 1.82) is 0 Å². The van der Waals surface area contributed by atoms with E-state index in [0.29, 0.717) is 61.6 Å².